The maximum Gasteiger partial charge on any atom is 0.148 e. The van der Waals surface area contributed by atoms with Gasteiger partial charge in [-0.2, -0.15) is 0 Å². The van der Waals surface area contributed by atoms with Gasteiger partial charge in [0.1, 0.15) is 17.2 Å². The summed E-state index contributed by atoms with van der Waals surface area (Å²) in [5, 5.41) is 19.5. The van der Waals surface area contributed by atoms with Crippen LogP contribution in [0.1, 0.15) is 180 Å². The van der Waals surface area contributed by atoms with Crippen LogP contribution in [0.5, 0.6) is 5.75 Å². The Balaban J connectivity index is 0.00000641. The molecule has 11 rings (SSSR count). The molecule has 1 saturated carbocycles. The quantitative estimate of drug-likeness (QED) is 0.154. The van der Waals surface area contributed by atoms with Crippen molar-refractivity contribution >= 4 is 54.5 Å². The fraction of sp³-hybridized carbons (Fsp3) is 0.362. The summed E-state index contributed by atoms with van der Waals surface area (Å²) in [4.78, 5) is 11.1. The van der Waals surface area contributed by atoms with E-state index in [9.17, 15) is 5.11 Å². The van der Waals surface area contributed by atoms with Crippen LogP contribution in [0.25, 0.3) is 94.0 Å². The molecule has 1 aliphatic rings. The van der Waals surface area contributed by atoms with Gasteiger partial charge >= 0.3 is 0 Å². The average Bonchev–Trinajstić information content (AvgIpc) is 3.96. The molecule has 0 amide bonds. The van der Waals surface area contributed by atoms with Crippen LogP contribution in [0.15, 0.2) is 120 Å². The molecule has 1 N–H and O–H groups in total. The normalized spacial score (nSPS) is 14.7. The van der Waals surface area contributed by atoms with Crippen molar-refractivity contribution in [1.82, 2.24) is 14.5 Å². The van der Waals surface area contributed by atoms with Gasteiger partial charge in [0.15, 0.2) is 0 Å². The number of benzene rings is 7. The predicted molar refractivity (Wildman–Crippen MR) is 313 cm³/mol. The molecule has 0 radical (unpaired) electrons. The fourth-order valence-corrected chi connectivity index (χ4v) is 12.0. The van der Waals surface area contributed by atoms with Crippen molar-refractivity contribution < 1.29 is 30.6 Å². The second-order valence-corrected chi connectivity index (χ2v) is 25.5. The van der Waals surface area contributed by atoms with E-state index in [0.29, 0.717) is 11.3 Å². The second kappa shape index (κ2) is 19.2. The largest absolute Gasteiger partial charge is 0.507 e. The summed E-state index contributed by atoms with van der Waals surface area (Å²) in [5.41, 5.74) is 16.1. The maximum atomic E-state index is 12.9. The zero-order valence-electron chi connectivity index (χ0n) is 46.6. The van der Waals surface area contributed by atoms with Crippen molar-refractivity contribution in [3.05, 3.63) is 155 Å². The third-order valence-electron chi connectivity index (χ3n) is 16.5. The molecule has 75 heavy (non-hydrogen) atoms. The molecule has 1 fully saturated rings. The molecule has 0 unspecified atom stereocenters. The molecule has 0 aliphatic heterocycles. The van der Waals surface area contributed by atoms with Crippen LogP contribution in [0.3, 0.4) is 0 Å². The van der Waals surface area contributed by atoms with Gasteiger partial charge < -0.3 is 9.52 Å². The topological polar surface area (TPSA) is 64.1 Å². The SMILES string of the molecule is CC(C)c1cc(-c2nc3c(-c4[c-]c(-c5cc(C6CCC(C)(C)CC6)ccn5)c5oc6ccc7ccccc7c6c5c4)cc4ccccc4c3n2-c2c(C(C)C)cc(C(C)(C)C)cc2C(C)C)c(O)c(C(C)(C)C)c1.[Pt]. The number of aromatic nitrogens is 3. The number of phenolic OH excluding ortho intramolecular Hbond substituents is 1. The van der Waals surface area contributed by atoms with Crippen molar-refractivity contribution in [2.24, 2.45) is 5.41 Å². The molecule has 388 valence electrons. The van der Waals surface area contributed by atoms with Crippen LogP contribution in [-0.2, 0) is 31.9 Å². The predicted octanol–water partition coefficient (Wildman–Crippen LogP) is 19.8. The Morgan fingerprint density at radius 1 is 0.693 bits per heavy atom. The second-order valence-electron chi connectivity index (χ2n) is 25.5. The van der Waals surface area contributed by atoms with E-state index < -0.39 is 0 Å². The smallest absolute Gasteiger partial charge is 0.148 e. The van der Waals surface area contributed by atoms with Gasteiger partial charge in [-0.25, -0.2) is 4.98 Å². The Labute approximate surface area is 459 Å². The molecule has 10 aromatic rings. The van der Waals surface area contributed by atoms with Gasteiger partial charge in [-0.1, -0.05) is 193 Å². The molecule has 0 spiro atoms. The molecule has 1 aliphatic carbocycles. The van der Waals surface area contributed by atoms with Gasteiger partial charge in [-0.15, -0.1) is 17.7 Å². The van der Waals surface area contributed by atoms with Crippen LogP contribution < -0.4 is 0 Å². The molecular weight excluding hydrogens is 1100 g/mol. The first-order chi connectivity index (χ1) is 35.1. The molecule has 6 heteroatoms. The van der Waals surface area contributed by atoms with Crippen molar-refractivity contribution in [3.63, 3.8) is 0 Å². The number of furan rings is 1. The Morgan fingerprint density at radius 2 is 1.35 bits per heavy atom. The summed E-state index contributed by atoms with van der Waals surface area (Å²) < 4.78 is 9.46. The zero-order chi connectivity index (χ0) is 52.3. The van der Waals surface area contributed by atoms with Crippen molar-refractivity contribution in [2.75, 3.05) is 0 Å². The summed E-state index contributed by atoms with van der Waals surface area (Å²) in [6, 6.07) is 44.1. The summed E-state index contributed by atoms with van der Waals surface area (Å²) in [5.74, 6) is 2.03. The third kappa shape index (κ3) is 9.23. The van der Waals surface area contributed by atoms with Gasteiger partial charge in [0.05, 0.1) is 27.9 Å². The molecule has 7 aromatic carbocycles. The van der Waals surface area contributed by atoms with Crippen molar-refractivity contribution in [2.45, 2.75) is 157 Å². The van der Waals surface area contributed by atoms with E-state index in [4.69, 9.17) is 14.4 Å². The molecule has 3 aromatic heterocycles. The van der Waals surface area contributed by atoms with Crippen LogP contribution in [0.2, 0.25) is 0 Å². The number of aromatic hydroxyl groups is 1. The van der Waals surface area contributed by atoms with E-state index in [2.05, 4.69) is 217 Å². The number of hydrogen-bond donors (Lipinski definition) is 1. The van der Waals surface area contributed by atoms with Crippen LogP contribution >= 0.6 is 0 Å². The number of nitrogens with zero attached hydrogens (tertiary/aromatic N) is 3. The Bertz CT molecular complexity index is 3810. The van der Waals surface area contributed by atoms with Gasteiger partial charge in [-0.3, -0.25) is 9.55 Å². The number of pyridine rings is 1. The summed E-state index contributed by atoms with van der Waals surface area (Å²) in [6.45, 7) is 32.1. The third-order valence-corrected chi connectivity index (χ3v) is 16.5. The Hall–Kier alpha value is -6.03. The number of imidazole rings is 1. The standard InChI is InChI=1S/C69H74N3O2.Pt/c1-39(2)46-32-56(64(73)57(35-46)68(10,11)12)66-71-61-53(31-45-20-16-18-22-50(45)63(61)72(66)62-51(40(3)4)37-48(67(7,8)9)38-52(62)41(5)6)47-33-54(58-36-44(27-30-70-58)42-25-28-69(13,14)29-26-42)65-55(34-47)60-49-21-17-15-19-43(49)23-24-59(60)74-65;/h15-24,27,30-32,34-42,73H,25-26,28-29H2,1-14H3;/q-1;. The van der Waals surface area contributed by atoms with Crippen molar-refractivity contribution in [1.29, 1.82) is 0 Å². The number of phenols is 1. The molecule has 5 nitrogen and oxygen atoms in total. The van der Waals surface area contributed by atoms with E-state index >= 15 is 0 Å². The molecular formula is C69H74N3O2Pt-. The Kier molecular flexibility index (Phi) is 13.4. The van der Waals surface area contributed by atoms with Crippen LogP contribution in [-0.4, -0.2) is 19.6 Å². The fourth-order valence-electron chi connectivity index (χ4n) is 12.0. The van der Waals surface area contributed by atoms with Crippen LogP contribution in [0.4, 0.5) is 0 Å². The minimum atomic E-state index is -0.337. The van der Waals surface area contributed by atoms with E-state index in [0.717, 1.165) is 118 Å². The number of rotatable bonds is 8. The monoisotopic (exact) mass is 1170 g/mol. The van der Waals surface area contributed by atoms with Crippen molar-refractivity contribution in [3.8, 4) is 45.2 Å². The first-order valence-corrected chi connectivity index (χ1v) is 27.4. The summed E-state index contributed by atoms with van der Waals surface area (Å²) >= 11 is 0. The first-order valence-electron chi connectivity index (χ1n) is 27.4. The number of fused-ring (bicyclic) bond motifs is 8. The summed E-state index contributed by atoms with van der Waals surface area (Å²) in [6.07, 6.45) is 6.73. The first kappa shape index (κ1) is 52.4. The Morgan fingerprint density at radius 3 is 1.99 bits per heavy atom. The molecule has 0 bridgehead atoms. The maximum absolute atomic E-state index is 12.9. The van der Waals surface area contributed by atoms with E-state index in [1.54, 1.807) is 0 Å². The van der Waals surface area contributed by atoms with Gasteiger partial charge in [0.25, 0.3) is 0 Å². The van der Waals surface area contributed by atoms with Gasteiger partial charge in [0, 0.05) is 49.3 Å². The minimum Gasteiger partial charge on any atom is -0.507 e. The molecule has 0 saturated heterocycles. The van der Waals surface area contributed by atoms with Gasteiger partial charge in [-0.05, 0) is 133 Å². The van der Waals surface area contributed by atoms with Crippen LogP contribution in [0, 0.1) is 11.5 Å². The van der Waals surface area contributed by atoms with E-state index in [-0.39, 0.29) is 55.4 Å². The summed E-state index contributed by atoms with van der Waals surface area (Å²) in [7, 11) is 0. The molecule has 0 atom stereocenters. The molecule has 3 heterocycles. The zero-order valence-corrected chi connectivity index (χ0v) is 48.9. The van der Waals surface area contributed by atoms with Gasteiger partial charge in [0.2, 0.25) is 0 Å². The number of hydrogen-bond acceptors (Lipinski definition) is 4. The minimum absolute atomic E-state index is 0. The average molecular weight is 1170 g/mol. The van der Waals surface area contributed by atoms with E-state index in [1.165, 1.54) is 35.1 Å². The van der Waals surface area contributed by atoms with E-state index in [1.807, 2.05) is 6.20 Å².